The van der Waals surface area contributed by atoms with E-state index in [1.165, 1.54) is 11.3 Å². The third-order valence-electron chi connectivity index (χ3n) is 4.31. The lowest BCUT2D eigenvalue weighted by molar-refractivity contribution is -0.141. The number of aromatic nitrogens is 1. The van der Waals surface area contributed by atoms with Crippen molar-refractivity contribution in [2.24, 2.45) is 0 Å². The van der Waals surface area contributed by atoms with Crippen LogP contribution in [-0.2, 0) is 16.0 Å². The molecule has 134 valence electrons. The van der Waals surface area contributed by atoms with Crippen LogP contribution in [0.5, 0.6) is 0 Å². The second-order valence-electron chi connectivity index (χ2n) is 6.13. The Balaban J connectivity index is 1.60. The molecule has 4 aromatic rings. The lowest BCUT2D eigenvalue weighted by Gasteiger charge is -2.06. The van der Waals surface area contributed by atoms with Crippen LogP contribution in [0.1, 0.15) is 15.2 Å². The fourth-order valence-electron chi connectivity index (χ4n) is 3.08. The highest BCUT2D eigenvalue weighted by Crippen LogP contribution is 2.30. The molecule has 0 saturated carbocycles. The van der Waals surface area contributed by atoms with E-state index in [2.05, 4.69) is 4.98 Å². The minimum Gasteiger partial charge on any atom is -0.457 e. The summed E-state index contributed by atoms with van der Waals surface area (Å²) < 4.78 is 5.25. The molecule has 5 heteroatoms. The van der Waals surface area contributed by atoms with Crippen molar-refractivity contribution in [2.75, 3.05) is 6.61 Å². The Morgan fingerprint density at radius 3 is 2.48 bits per heavy atom. The van der Waals surface area contributed by atoms with E-state index in [0.29, 0.717) is 5.56 Å². The van der Waals surface area contributed by atoms with Crippen LogP contribution < -0.4 is 0 Å². The zero-order valence-electron chi connectivity index (χ0n) is 14.5. The van der Waals surface area contributed by atoms with Gasteiger partial charge in [0.1, 0.15) is 0 Å². The largest absolute Gasteiger partial charge is 0.457 e. The number of para-hydroxylation sites is 1. The topological polar surface area (TPSA) is 59.2 Å². The zero-order chi connectivity index (χ0) is 18.6. The molecule has 1 N–H and O–H groups in total. The number of aromatic amines is 1. The molecule has 2 aromatic carbocycles. The van der Waals surface area contributed by atoms with Gasteiger partial charge in [0.2, 0.25) is 5.78 Å². The Kier molecular flexibility index (Phi) is 4.85. The number of fused-ring (bicyclic) bond motifs is 1. The first kappa shape index (κ1) is 17.2. The van der Waals surface area contributed by atoms with Crippen LogP contribution in [0.15, 0.2) is 72.1 Å². The van der Waals surface area contributed by atoms with Gasteiger partial charge in [-0.05, 0) is 23.1 Å². The number of H-pyrrole nitrogens is 1. The maximum Gasteiger partial charge on any atom is 0.311 e. The number of benzene rings is 2. The van der Waals surface area contributed by atoms with Crippen molar-refractivity contribution in [2.45, 2.75) is 6.42 Å². The number of carbonyl (C=O) groups excluding carboxylic acids is 2. The summed E-state index contributed by atoms with van der Waals surface area (Å²) in [6.07, 6.45) is 0.185. The maximum absolute atomic E-state index is 12.9. The van der Waals surface area contributed by atoms with Crippen LogP contribution in [0.3, 0.4) is 0 Å². The average molecular weight is 375 g/mol. The molecule has 0 bridgehead atoms. The lowest BCUT2D eigenvalue weighted by atomic mass is 10.0. The molecule has 0 aliphatic carbocycles. The summed E-state index contributed by atoms with van der Waals surface area (Å²) in [5.41, 5.74) is 3.10. The molecule has 2 heterocycles. The van der Waals surface area contributed by atoms with Crippen molar-refractivity contribution in [1.29, 1.82) is 0 Å². The van der Waals surface area contributed by atoms with Crippen molar-refractivity contribution in [3.05, 3.63) is 82.6 Å². The molecule has 0 unspecified atom stereocenters. The highest BCUT2D eigenvalue weighted by molar-refractivity contribution is 7.10. The van der Waals surface area contributed by atoms with Crippen molar-refractivity contribution in [1.82, 2.24) is 4.98 Å². The molecule has 0 aliphatic heterocycles. The molecular weight excluding hydrogens is 358 g/mol. The van der Waals surface area contributed by atoms with Gasteiger partial charge in [-0.15, -0.1) is 11.3 Å². The van der Waals surface area contributed by atoms with E-state index in [1.807, 2.05) is 72.1 Å². The molecule has 0 amide bonds. The molecule has 4 rings (SSSR count). The van der Waals surface area contributed by atoms with E-state index in [9.17, 15) is 9.59 Å². The first-order chi connectivity index (χ1) is 13.2. The van der Waals surface area contributed by atoms with Gasteiger partial charge < -0.3 is 9.72 Å². The van der Waals surface area contributed by atoms with E-state index in [4.69, 9.17) is 4.74 Å². The van der Waals surface area contributed by atoms with Crippen molar-refractivity contribution >= 4 is 34.0 Å². The van der Waals surface area contributed by atoms with E-state index in [0.717, 1.165) is 27.0 Å². The van der Waals surface area contributed by atoms with Gasteiger partial charge in [-0.25, -0.2) is 0 Å². The number of ketones is 1. The average Bonchev–Trinajstić information content (AvgIpc) is 3.34. The smallest absolute Gasteiger partial charge is 0.311 e. The number of nitrogens with one attached hydrogen (secondary N) is 1. The van der Waals surface area contributed by atoms with E-state index < -0.39 is 5.97 Å². The van der Waals surface area contributed by atoms with Gasteiger partial charge in [0.25, 0.3) is 0 Å². The van der Waals surface area contributed by atoms with Crippen molar-refractivity contribution < 1.29 is 14.3 Å². The van der Waals surface area contributed by atoms with Crippen molar-refractivity contribution in [3.63, 3.8) is 0 Å². The van der Waals surface area contributed by atoms with Crippen LogP contribution in [0.25, 0.3) is 22.2 Å². The number of hydrogen-bond donors (Lipinski definition) is 1. The molecule has 2 aromatic heterocycles. The van der Waals surface area contributed by atoms with Crippen LogP contribution >= 0.6 is 11.3 Å². The predicted octanol–water partition coefficient (Wildman–Crippen LogP) is 4.87. The fraction of sp³-hybridized carbons (Fsp3) is 0.0909. The third kappa shape index (κ3) is 3.68. The Morgan fingerprint density at radius 1 is 0.926 bits per heavy atom. The Hall–Kier alpha value is -3.18. The number of Topliss-reactive ketones (excluding diaryl/α,β-unsaturated/α-hetero) is 1. The lowest BCUT2D eigenvalue weighted by Crippen LogP contribution is -2.15. The first-order valence-corrected chi connectivity index (χ1v) is 9.47. The number of hydrogen-bond acceptors (Lipinski definition) is 4. The van der Waals surface area contributed by atoms with Crippen LogP contribution in [0.2, 0.25) is 0 Å². The molecule has 0 atom stereocenters. The Labute approximate surface area is 160 Å². The molecule has 0 saturated heterocycles. The number of ether oxygens (including phenoxy) is 1. The molecule has 27 heavy (non-hydrogen) atoms. The summed E-state index contributed by atoms with van der Waals surface area (Å²) in [4.78, 5) is 29.2. The summed E-state index contributed by atoms with van der Waals surface area (Å²) in [7, 11) is 0. The quantitative estimate of drug-likeness (QED) is 0.386. The number of thiophene rings is 1. The molecule has 0 spiro atoms. The summed E-state index contributed by atoms with van der Waals surface area (Å²) in [5, 5.41) is 2.74. The summed E-state index contributed by atoms with van der Waals surface area (Å²) in [5.74, 6) is -0.613. The Bertz CT molecular complexity index is 1080. The molecule has 0 fully saturated rings. The number of carbonyl (C=O) groups is 2. The summed E-state index contributed by atoms with van der Waals surface area (Å²) >= 11 is 1.49. The third-order valence-corrected chi connectivity index (χ3v) is 5.19. The van der Waals surface area contributed by atoms with Gasteiger partial charge >= 0.3 is 5.97 Å². The van der Waals surface area contributed by atoms with Gasteiger partial charge in [0, 0.05) is 15.8 Å². The highest BCUT2D eigenvalue weighted by Gasteiger charge is 2.20. The van der Waals surface area contributed by atoms with E-state index in [-0.39, 0.29) is 18.8 Å². The second kappa shape index (κ2) is 7.60. The summed E-state index contributed by atoms with van der Waals surface area (Å²) in [6.45, 7) is -0.272. The molecule has 4 nitrogen and oxygen atoms in total. The van der Waals surface area contributed by atoms with Gasteiger partial charge in [0.15, 0.2) is 6.61 Å². The van der Waals surface area contributed by atoms with Crippen molar-refractivity contribution in [3.8, 4) is 11.3 Å². The maximum atomic E-state index is 12.9. The number of esters is 1. The standard InChI is InChI=1S/C22H17NO3S/c24-19(14-26-20(25)13-16-9-6-12-27-16)21-17-10-4-5-11-18(17)23-22(21)15-7-2-1-3-8-15/h1-12,23H,13-14H2. The minimum atomic E-state index is -0.396. The molecule has 0 radical (unpaired) electrons. The fourth-order valence-corrected chi connectivity index (χ4v) is 3.77. The van der Waals surface area contributed by atoms with Gasteiger partial charge in [-0.1, -0.05) is 54.6 Å². The normalized spacial score (nSPS) is 10.8. The minimum absolute atomic E-state index is 0.185. The molecular formula is C22H17NO3S. The van der Waals surface area contributed by atoms with Gasteiger partial charge in [-0.2, -0.15) is 0 Å². The van der Waals surface area contributed by atoms with Gasteiger partial charge in [0.05, 0.1) is 17.7 Å². The van der Waals surface area contributed by atoms with Gasteiger partial charge in [-0.3, -0.25) is 9.59 Å². The van der Waals surface area contributed by atoms with E-state index in [1.54, 1.807) is 0 Å². The SMILES string of the molecule is O=C(Cc1cccs1)OCC(=O)c1c(-c2ccccc2)[nH]c2ccccc12. The first-order valence-electron chi connectivity index (χ1n) is 8.59. The highest BCUT2D eigenvalue weighted by atomic mass is 32.1. The second-order valence-corrected chi connectivity index (χ2v) is 7.16. The zero-order valence-corrected chi connectivity index (χ0v) is 15.3. The summed E-state index contributed by atoms with van der Waals surface area (Å²) in [6, 6.07) is 21.1. The van der Waals surface area contributed by atoms with Crippen LogP contribution in [0.4, 0.5) is 0 Å². The Morgan fingerprint density at radius 2 is 1.70 bits per heavy atom. The van der Waals surface area contributed by atoms with E-state index >= 15 is 0 Å². The number of rotatable bonds is 6. The monoisotopic (exact) mass is 375 g/mol. The van der Waals surface area contributed by atoms with Crippen LogP contribution in [-0.4, -0.2) is 23.3 Å². The molecule has 0 aliphatic rings. The van der Waals surface area contributed by atoms with Crippen LogP contribution in [0, 0.1) is 0 Å². The predicted molar refractivity (Wildman–Crippen MR) is 107 cm³/mol.